The number of amides is 2. The van der Waals surface area contributed by atoms with E-state index < -0.39 is 11.9 Å². The number of anilines is 1. The second-order valence-corrected chi connectivity index (χ2v) is 6.39. The van der Waals surface area contributed by atoms with Crippen molar-refractivity contribution in [1.82, 2.24) is 4.98 Å². The molecule has 0 saturated carbocycles. The topological polar surface area (TPSA) is 90.5 Å². The maximum atomic E-state index is 13.0. The number of aryl methyl sites for hydroxylation is 1. The van der Waals surface area contributed by atoms with Gasteiger partial charge in [0.2, 0.25) is 11.8 Å². The van der Waals surface area contributed by atoms with Crippen molar-refractivity contribution in [1.29, 1.82) is 0 Å². The summed E-state index contributed by atoms with van der Waals surface area (Å²) in [5.74, 6) is -2.33. The van der Waals surface area contributed by atoms with Crippen molar-refractivity contribution in [2.45, 2.75) is 19.3 Å². The lowest BCUT2D eigenvalue weighted by atomic mass is 9.94. The fourth-order valence-corrected chi connectivity index (χ4v) is 3.65. The van der Waals surface area contributed by atoms with E-state index in [1.165, 1.54) is 18.2 Å². The average molecular weight is 348 g/mol. The summed E-state index contributed by atoms with van der Waals surface area (Å²) in [6.07, 6.45) is 0.0683. The van der Waals surface area contributed by atoms with Crippen LogP contribution in [0, 0.1) is 6.92 Å². The van der Waals surface area contributed by atoms with Crippen molar-refractivity contribution < 1.29 is 19.5 Å². The molecule has 2 heterocycles. The van der Waals surface area contributed by atoms with E-state index >= 15 is 0 Å². The zero-order valence-corrected chi connectivity index (χ0v) is 14.0. The molecular formula is C20H16N2O4. The monoisotopic (exact) mass is 348 g/mol. The summed E-state index contributed by atoms with van der Waals surface area (Å²) >= 11 is 0. The van der Waals surface area contributed by atoms with Gasteiger partial charge in [-0.25, -0.2) is 9.69 Å². The number of nitrogens with one attached hydrogen (secondary N) is 1. The maximum absolute atomic E-state index is 13.0. The lowest BCUT2D eigenvalue weighted by Crippen LogP contribution is -2.30. The Labute approximate surface area is 149 Å². The third-order valence-electron chi connectivity index (χ3n) is 4.79. The van der Waals surface area contributed by atoms with Crippen LogP contribution in [0.5, 0.6) is 0 Å². The van der Waals surface area contributed by atoms with Gasteiger partial charge in [-0.3, -0.25) is 9.59 Å². The van der Waals surface area contributed by atoms with E-state index in [1.807, 2.05) is 31.2 Å². The van der Waals surface area contributed by atoms with Gasteiger partial charge in [0.05, 0.1) is 17.2 Å². The lowest BCUT2D eigenvalue weighted by Gasteiger charge is -2.16. The SMILES string of the molecule is Cc1[nH]c2ccccc2c1[C@@H]1CC(=O)N(c2cccc(C(=O)O)c2)C1=O. The highest BCUT2D eigenvalue weighted by Gasteiger charge is 2.42. The van der Waals surface area contributed by atoms with Gasteiger partial charge in [-0.1, -0.05) is 24.3 Å². The number of benzene rings is 2. The number of aromatic carboxylic acids is 1. The highest BCUT2D eigenvalue weighted by atomic mass is 16.4. The molecule has 26 heavy (non-hydrogen) atoms. The molecule has 1 aromatic heterocycles. The Bertz CT molecular complexity index is 1070. The minimum atomic E-state index is -1.10. The van der Waals surface area contributed by atoms with Gasteiger partial charge in [-0.05, 0) is 36.8 Å². The second kappa shape index (κ2) is 5.84. The van der Waals surface area contributed by atoms with Crippen LogP contribution in [0.2, 0.25) is 0 Å². The maximum Gasteiger partial charge on any atom is 0.335 e. The molecule has 130 valence electrons. The van der Waals surface area contributed by atoms with Crippen LogP contribution in [0.15, 0.2) is 48.5 Å². The number of nitrogens with zero attached hydrogens (tertiary/aromatic N) is 1. The summed E-state index contributed by atoms with van der Waals surface area (Å²) in [4.78, 5) is 41.1. The molecule has 1 atom stereocenters. The minimum Gasteiger partial charge on any atom is -0.478 e. The molecule has 2 amide bonds. The van der Waals surface area contributed by atoms with Crippen LogP contribution in [0.1, 0.15) is 34.0 Å². The number of rotatable bonds is 3. The van der Waals surface area contributed by atoms with Gasteiger partial charge < -0.3 is 10.1 Å². The smallest absolute Gasteiger partial charge is 0.335 e. The summed E-state index contributed by atoms with van der Waals surface area (Å²) in [6, 6.07) is 13.6. The lowest BCUT2D eigenvalue weighted by molar-refractivity contribution is -0.121. The number of para-hydroxylation sites is 1. The van der Waals surface area contributed by atoms with Crippen LogP contribution in [0.25, 0.3) is 10.9 Å². The van der Waals surface area contributed by atoms with E-state index in [-0.39, 0.29) is 23.8 Å². The Morgan fingerprint density at radius 2 is 1.92 bits per heavy atom. The van der Waals surface area contributed by atoms with Crippen molar-refractivity contribution in [2.24, 2.45) is 0 Å². The van der Waals surface area contributed by atoms with E-state index in [1.54, 1.807) is 6.07 Å². The largest absolute Gasteiger partial charge is 0.478 e. The van der Waals surface area contributed by atoms with Crippen LogP contribution in [0.4, 0.5) is 5.69 Å². The molecule has 6 nitrogen and oxygen atoms in total. The number of carboxylic acids is 1. The van der Waals surface area contributed by atoms with Crippen molar-refractivity contribution in [2.75, 3.05) is 4.90 Å². The first-order chi connectivity index (χ1) is 12.5. The Morgan fingerprint density at radius 1 is 1.15 bits per heavy atom. The van der Waals surface area contributed by atoms with E-state index in [4.69, 9.17) is 5.11 Å². The summed E-state index contributed by atoms with van der Waals surface area (Å²) in [5.41, 5.74) is 2.94. The van der Waals surface area contributed by atoms with Crippen molar-refractivity contribution in [3.05, 3.63) is 65.4 Å². The number of carboxylic acid groups (broad SMARTS) is 1. The molecule has 2 N–H and O–H groups in total. The number of fused-ring (bicyclic) bond motifs is 1. The molecule has 0 spiro atoms. The standard InChI is InChI=1S/C20H16N2O4/c1-11-18(14-7-2-3-8-16(14)21-11)15-10-17(23)22(19(15)24)13-6-4-5-12(9-13)20(25)26/h2-9,15,21H,10H2,1H3,(H,25,26)/t15-/m0/s1. The Balaban J connectivity index is 1.77. The summed E-state index contributed by atoms with van der Waals surface area (Å²) in [5, 5.41) is 10.1. The molecule has 0 radical (unpaired) electrons. The highest BCUT2D eigenvalue weighted by molar-refractivity contribution is 6.23. The van der Waals surface area contributed by atoms with Gasteiger partial charge in [0, 0.05) is 23.0 Å². The first-order valence-electron chi connectivity index (χ1n) is 8.24. The summed E-state index contributed by atoms with van der Waals surface area (Å²) < 4.78 is 0. The normalized spacial score (nSPS) is 17.3. The van der Waals surface area contributed by atoms with Crippen LogP contribution in [0.3, 0.4) is 0 Å². The number of carbonyl (C=O) groups is 3. The molecule has 0 aliphatic carbocycles. The molecule has 1 saturated heterocycles. The molecule has 1 aliphatic rings. The van der Waals surface area contributed by atoms with Crippen molar-refractivity contribution in [3.8, 4) is 0 Å². The summed E-state index contributed by atoms with van der Waals surface area (Å²) in [7, 11) is 0. The van der Waals surface area contributed by atoms with Gasteiger partial charge in [0.25, 0.3) is 0 Å². The third-order valence-corrected chi connectivity index (χ3v) is 4.79. The molecule has 6 heteroatoms. The quantitative estimate of drug-likeness (QED) is 0.711. The number of aromatic amines is 1. The molecule has 2 aromatic carbocycles. The zero-order chi connectivity index (χ0) is 18.4. The first-order valence-corrected chi connectivity index (χ1v) is 8.24. The van der Waals surface area contributed by atoms with Crippen LogP contribution >= 0.6 is 0 Å². The molecule has 4 rings (SSSR count). The van der Waals surface area contributed by atoms with E-state index in [9.17, 15) is 14.4 Å². The number of aromatic nitrogens is 1. The molecular weight excluding hydrogens is 332 g/mol. The van der Waals surface area contributed by atoms with E-state index in [2.05, 4.69) is 4.98 Å². The summed E-state index contributed by atoms with van der Waals surface area (Å²) in [6.45, 7) is 1.89. The van der Waals surface area contributed by atoms with Crippen molar-refractivity contribution >= 4 is 34.4 Å². The van der Waals surface area contributed by atoms with Crippen LogP contribution < -0.4 is 4.90 Å². The highest BCUT2D eigenvalue weighted by Crippen LogP contribution is 2.38. The van der Waals surface area contributed by atoms with E-state index in [0.717, 1.165) is 27.1 Å². The van der Waals surface area contributed by atoms with Crippen molar-refractivity contribution in [3.63, 3.8) is 0 Å². The number of hydrogen-bond donors (Lipinski definition) is 2. The number of imide groups is 1. The molecule has 1 aliphatic heterocycles. The predicted octanol–water partition coefficient (Wildman–Crippen LogP) is 3.22. The fraction of sp³-hybridized carbons (Fsp3) is 0.150. The second-order valence-electron chi connectivity index (χ2n) is 6.39. The zero-order valence-electron chi connectivity index (χ0n) is 14.0. The molecule has 0 unspecified atom stereocenters. The van der Waals surface area contributed by atoms with Gasteiger partial charge in [0.1, 0.15) is 0 Å². The Kier molecular flexibility index (Phi) is 3.61. The van der Waals surface area contributed by atoms with Crippen LogP contribution in [-0.2, 0) is 9.59 Å². The van der Waals surface area contributed by atoms with Crippen LogP contribution in [-0.4, -0.2) is 27.9 Å². The molecule has 0 bridgehead atoms. The molecule has 1 fully saturated rings. The van der Waals surface area contributed by atoms with Gasteiger partial charge in [-0.2, -0.15) is 0 Å². The van der Waals surface area contributed by atoms with Gasteiger partial charge in [0.15, 0.2) is 0 Å². The average Bonchev–Trinajstić information content (AvgIpc) is 3.10. The number of H-pyrrole nitrogens is 1. The minimum absolute atomic E-state index is 0.0369. The molecule has 3 aromatic rings. The van der Waals surface area contributed by atoms with Gasteiger partial charge >= 0.3 is 5.97 Å². The fourth-order valence-electron chi connectivity index (χ4n) is 3.65. The first kappa shape index (κ1) is 16.1. The third kappa shape index (κ3) is 2.38. The number of carbonyl (C=O) groups excluding carboxylic acids is 2. The van der Waals surface area contributed by atoms with Gasteiger partial charge in [-0.15, -0.1) is 0 Å². The Morgan fingerprint density at radius 3 is 2.69 bits per heavy atom. The van der Waals surface area contributed by atoms with E-state index in [0.29, 0.717) is 5.69 Å². The predicted molar refractivity (Wildman–Crippen MR) is 96.3 cm³/mol. The Hall–Kier alpha value is -3.41. The number of hydrogen-bond acceptors (Lipinski definition) is 3.